The van der Waals surface area contributed by atoms with Crippen molar-refractivity contribution in [3.05, 3.63) is 47.4 Å². The molecule has 23 heavy (non-hydrogen) atoms. The Hall–Kier alpha value is -2.27. The van der Waals surface area contributed by atoms with E-state index in [1.54, 1.807) is 13.0 Å². The lowest BCUT2D eigenvalue weighted by Gasteiger charge is -2.32. The third-order valence-electron chi connectivity index (χ3n) is 4.24. The minimum absolute atomic E-state index is 0.163. The number of hydrogen-bond donors (Lipinski definition) is 2. The van der Waals surface area contributed by atoms with E-state index in [2.05, 4.69) is 10.2 Å². The third-order valence-corrected chi connectivity index (χ3v) is 4.24. The molecule has 122 valence electrons. The molecule has 1 amide bonds. The molecule has 0 aliphatic carbocycles. The summed E-state index contributed by atoms with van der Waals surface area (Å²) in [5, 5.41) is 12.6. The molecule has 0 unspecified atom stereocenters. The molecule has 1 fully saturated rings. The van der Waals surface area contributed by atoms with Crippen LogP contribution in [0.15, 0.2) is 34.7 Å². The quantitative estimate of drug-likeness (QED) is 0.913. The molecular weight excluding hydrogens is 292 g/mol. The number of amides is 1. The van der Waals surface area contributed by atoms with Gasteiger partial charge in [0.2, 0.25) is 0 Å². The summed E-state index contributed by atoms with van der Waals surface area (Å²) in [5.41, 5.74) is 2.34. The molecule has 0 saturated carbocycles. The number of piperidine rings is 1. The summed E-state index contributed by atoms with van der Waals surface area (Å²) in [6.45, 7) is 5.20. The zero-order chi connectivity index (χ0) is 16.4. The molecule has 0 atom stereocenters. The Morgan fingerprint density at radius 2 is 1.96 bits per heavy atom. The standard InChI is InChI=1S/C18H22N2O3/c1-12-11-15(13(2)23-12)18(22)19-16-5-3-4-6-17(16)20-9-7-14(21)8-10-20/h3-6,11,14,21H,7-10H2,1-2H3,(H,19,22). The second kappa shape index (κ2) is 6.46. The predicted octanol–water partition coefficient (Wildman–Crippen LogP) is 3.11. The van der Waals surface area contributed by atoms with Crippen LogP contribution in [0.2, 0.25) is 0 Å². The van der Waals surface area contributed by atoms with Crippen molar-refractivity contribution < 1.29 is 14.3 Å². The Morgan fingerprint density at radius 1 is 1.26 bits per heavy atom. The van der Waals surface area contributed by atoms with Crippen molar-refractivity contribution in [2.45, 2.75) is 32.8 Å². The summed E-state index contributed by atoms with van der Waals surface area (Å²) in [6, 6.07) is 9.53. The van der Waals surface area contributed by atoms with Crippen molar-refractivity contribution in [2.75, 3.05) is 23.3 Å². The smallest absolute Gasteiger partial charge is 0.259 e. The van der Waals surface area contributed by atoms with Crippen molar-refractivity contribution in [3.8, 4) is 0 Å². The van der Waals surface area contributed by atoms with E-state index in [4.69, 9.17) is 4.42 Å². The van der Waals surface area contributed by atoms with E-state index in [0.717, 1.165) is 43.1 Å². The van der Waals surface area contributed by atoms with Crippen molar-refractivity contribution >= 4 is 17.3 Å². The summed E-state index contributed by atoms with van der Waals surface area (Å²) >= 11 is 0. The van der Waals surface area contributed by atoms with Crippen molar-refractivity contribution in [2.24, 2.45) is 0 Å². The molecule has 2 aromatic rings. The first-order chi connectivity index (χ1) is 11.0. The second-order valence-electron chi connectivity index (χ2n) is 6.02. The molecule has 0 radical (unpaired) electrons. The maximum absolute atomic E-state index is 12.5. The predicted molar refractivity (Wildman–Crippen MR) is 90.0 cm³/mol. The summed E-state index contributed by atoms with van der Waals surface area (Å²) in [6.07, 6.45) is 1.29. The number of carbonyl (C=O) groups is 1. The van der Waals surface area contributed by atoms with Gasteiger partial charge in [-0.25, -0.2) is 0 Å². The van der Waals surface area contributed by atoms with Crippen LogP contribution in [-0.4, -0.2) is 30.2 Å². The topological polar surface area (TPSA) is 65.7 Å². The van der Waals surface area contributed by atoms with Gasteiger partial charge in [0.1, 0.15) is 11.5 Å². The van der Waals surface area contributed by atoms with Crippen LogP contribution in [0.1, 0.15) is 34.7 Å². The van der Waals surface area contributed by atoms with Crippen LogP contribution in [0.3, 0.4) is 0 Å². The molecule has 1 aliphatic heterocycles. The fourth-order valence-corrected chi connectivity index (χ4v) is 3.01. The Bertz CT molecular complexity index is 700. The minimum atomic E-state index is -0.218. The number of para-hydroxylation sites is 2. The van der Waals surface area contributed by atoms with E-state index < -0.39 is 0 Å². The number of benzene rings is 1. The molecule has 0 spiro atoms. The van der Waals surface area contributed by atoms with Crippen LogP contribution in [0.5, 0.6) is 0 Å². The molecule has 0 bridgehead atoms. The highest BCUT2D eigenvalue weighted by atomic mass is 16.3. The van der Waals surface area contributed by atoms with Crippen LogP contribution in [0, 0.1) is 13.8 Å². The maximum Gasteiger partial charge on any atom is 0.259 e. The van der Waals surface area contributed by atoms with Gasteiger partial charge in [0, 0.05) is 13.1 Å². The van der Waals surface area contributed by atoms with E-state index in [9.17, 15) is 9.90 Å². The van der Waals surface area contributed by atoms with Crippen molar-refractivity contribution in [3.63, 3.8) is 0 Å². The van der Waals surface area contributed by atoms with Crippen LogP contribution in [-0.2, 0) is 0 Å². The van der Waals surface area contributed by atoms with Gasteiger partial charge < -0.3 is 19.7 Å². The molecule has 1 aliphatic rings. The number of anilines is 2. The van der Waals surface area contributed by atoms with E-state index in [0.29, 0.717) is 11.3 Å². The number of hydrogen-bond acceptors (Lipinski definition) is 4. The molecule has 1 saturated heterocycles. The molecular formula is C18H22N2O3. The Labute approximate surface area is 135 Å². The first-order valence-corrected chi connectivity index (χ1v) is 7.95. The maximum atomic E-state index is 12.5. The minimum Gasteiger partial charge on any atom is -0.466 e. The highest BCUT2D eigenvalue weighted by Crippen LogP contribution is 2.29. The van der Waals surface area contributed by atoms with Gasteiger partial charge in [-0.1, -0.05) is 12.1 Å². The summed E-state index contributed by atoms with van der Waals surface area (Å²) in [4.78, 5) is 14.7. The van der Waals surface area contributed by atoms with Gasteiger partial charge in [0.25, 0.3) is 5.91 Å². The van der Waals surface area contributed by atoms with Gasteiger partial charge >= 0.3 is 0 Å². The highest BCUT2D eigenvalue weighted by Gasteiger charge is 2.21. The van der Waals surface area contributed by atoms with E-state index >= 15 is 0 Å². The number of rotatable bonds is 3. The monoisotopic (exact) mass is 314 g/mol. The average molecular weight is 314 g/mol. The van der Waals surface area contributed by atoms with E-state index in [1.807, 2.05) is 31.2 Å². The van der Waals surface area contributed by atoms with Crippen LogP contribution < -0.4 is 10.2 Å². The summed E-state index contributed by atoms with van der Waals surface area (Å²) < 4.78 is 5.43. The first kappa shape index (κ1) is 15.6. The number of aliphatic hydroxyl groups excluding tert-OH is 1. The number of nitrogens with one attached hydrogen (secondary N) is 1. The van der Waals surface area contributed by atoms with Crippen molar-refractivity contribution in [1.82, 2.24) is 0 Å². The van der Waals surface area contributed by atoms with Gasteiger partial charge in [-0.15, -0.1) is 0 Å². The van der Waals surface area contributed by atoms with Gasteiger partial charge in [0.15, 0.2) is 0 Å². The zero-order valence-electron chi connectivity index (χ0n) is 13.5. The molecule has 5 nitrogen and oxygen atoms in total. The van der Waals surface area contributed by atoms with E-state index in [1.165, 1.54) is 0 Å². The SMILES string of the molecule is Cc1cc(C(=O)Nc2ccccc2N2CCC(O)CC2)c(C)o1. The zero-order valence-corrected chi connectivity index (χ0v) is 13.5. The normalized spacial score (nSPS) is 15.7. The summed E-state index contributed by atoms with van der Waals surface area (Å²) in [5.74, 6) is 1.19. The number of nitrogens with zero attached hydrogens (tertiary/aromatic N) is 1. The molecule has 2 heterocycles. The lowest BCUT2D eigenvalue weighted by Crippen LogP contribution is -2.36. The fraction of sp³-hybridized carbons (Fsp3) is 0.389. The molecule has 2 N–H and O–H groups in total. The fourth-order valence-electron chi connectivity index (χ4n) is 3.01. The van der Waals surface area contributed by atoms with E-state index in [-0.39, 0.29) is 12.0 Å². The van der Waals surface area contributed by atoms with Crippen molar-refractivity contribution in [1.29, 1.82) is 0 Å². The lowest BCUT2D eigenvalue weighted by molar-refractivity contribution is 0.102. The van der Waals surface area contributed by atoms with Crippen LogP contribution >= 0.6 is 0 Å². The number of furan rings is 1. The molecule has 3 rings (SSSR count). The highest BCUT2D eigenvalue weighted by molar-refractivity contribution is 6.06. The van der Waals surface area contributed by atoms with Gasteiger partial charge in [-0.3, -0.25) is 4.79 Å². The number of aliphatic hydroxyl groups is 1. The lowest BCUT2D eigenvalue weighted by atomic mass is 10.1. The number of carbonyl (C=O) groups excluding carboxylic acids is 1. The number of aryl methyl sites for hydroxylation is 2. The Balaban J connectivity index is 1.80. The largest absolute Gasteiger partial charge is 0.466 e. The van der Waals surface area contributed by atoms with Gasteiger partial charge in [-0.2, -0.15) is 0 Å². The van der Waals surface area contributed by atoms with Gasteiger partial charge in [-0.05, 0) is 44.9 Å². The first-order valence-electron chi connectivity index (χ1n) is 7.95. The Kier molecular flexibility index (Phi) is 4.39. The molecule has 5 heteroatoms. The average Bonchev–Trinajstić information content (AvgIpc) is 2.87. The summed E-state index contributed by atoms with van der Waals surface area (Å²) in [7, 11) is 0. The third kappa shape index (κ3) is 3.40. The van der Waals surface area contributed by atoms with Crippen LogP contribution in [0.4, 0.5) is 11.4 Å². The van der Waals surface area contributed by atoms with Gasteiger partial charge in [0.05, 0.1) is 23.0 Å². The van der Waals surface area contributed by atoms with Crippen LogP contribution in [0.25, 0.3) is 0 Å². The Morgan fingerprint density at radius 3 is 2.61 bits per heavy atom. The molecule has 1 aromatic heterocycles. The molecule has 1 aromatic carbocycles. The second-order valence-corrected chi connectivity index (χ2v) is 6.02.